The summed E-state index contributed by atoms with van der Waals surface area (Å²) in [7, 11) is 6.93. The predicted octanol–water partition coefficient (Wildman–Crippen LogP) is 1.90. The second-order valence-electron chi connectivity index (χ2n) is 13.5. The molecular formula is C31H44N4O7. The molecule has 6 N–H and O–H groups in total. The zero-order valence-electron chi connectivity index (χ0n) is 25.8. The summed E-state index contributed by atoms with van der Waals surface area (Å²) in [6.07, 6.45) is 0.295. The molecule has 0 heterocycles. The lowest BCUT2D eigenvalue weighted by molar-refractivity contribution is -0.153. The Morgan fingerprint density at radius 3 is 2.24 bits per heavy atom. The summed E-state index contributed by atoms with van der Waals surface area (Å²) in [5, 5.41) is 45.6. The van der Waals surface area contributed by atoms with E-state index in [0.717, 1.165) is 24.3 Å². The lowest BCUT2D eigenvalue weighted by Crippen LogP contribution is -2.65. The quantitative estimate of drug-likeness (QED) is 0.299. The molecule has 1 aromatic carbocycles. The Bertz CT molecular complexity index is 1400. The number of phenols is 1. The van der Waals surface area contributed by atoms with Crippen LogP contribution < -0.4 is 10.6 Å². The lowest BCUT2D eigenvalue weighted by Gasteiger charge is -2.50. The number of primary amides is 1. The number of likely N-dealkylation sites (N-methyl/N-ethyl adjacent to an activating group) is 1. The van der Waals surface area contributed by atoms with Gasteiger partial charge in [0.05, 0.1) is 11.6 Å². The van der Waals surface area contributed by atoms with E-state index < -0.39 is 58.0 Å². The van der Waals surface area contributed by atoms with E-state index in [1.165, 1.54) is 4.90 Å². The summed E-state index contributed by atoms with van der Waals surface area (Å²) < 4.78 is 0. The molecule has 0 spiro atoms. The molecule has 0 unspecified atom stereocenters. The zero-order valence-corrected chi connectivity index (χ0v) is 25.8. The summed E-state index contributed by atoms with van der Waals surface area (Å²) in [4.78, 5) is 45.3. The number of nitrogens with zero attached hydrogens (tertiary/aromatic N) is 3. The lowest BCUT2D eigenvalue weighted by atomic mass is 9.57. The van der Waals surface area contributed by atoms with Crippen molar-refractivity contribution in [3.8, 4) is 5.75 Å². The van der Waals surface area contributed by atoms with Gasteiger partial charge < -0.3 is 31.1 Å². The summed E-state index contributed by atoms with van der Waals surface area (Å²) >= 11 is 0. The monoisotopic (exact) mass is 584 g/mol. The number of aliphatic hydroxyl groups excluding tert-OH is 2. The zero-order chi connectivity index (χ0) is 31.6. The molecule has 0 radical (unpaired) electrons. The second-order valence-corrected chi connectivity index (χ2v) is 13.5. The molecule has 4 atom stereocenters. The van der Waals surface area contributed by atoms with E-state index in [1.807, 2.05) is 19.0 Å². The Morgan fingerprint density at radius 1 is 1.12 bits per heavy atom. The minimum atomic E-state index is -2.65. The maximum atomic E-state index is 14.1. The molecule has 230 valence electrons. The van der Waals surface area contributed by atoms with Crippen LogP contribution in [0.3, 0.4) is 0 Å². The highest BCUT2D eigenvalue weighted by Crippen LogP contribution is 2.54. The number of phenolic OH excluding ortho intramolecular Hbond substituents is 1. The van der Waals surface area contributed by atoms with Crippen LogP contribution >= 0.6 is 0 Å². The van der Waals surface area contributed by atoms with Crippen LogP contribution in [0.15, 0.2) is 23.0 Å². The first-order valence-electron chi connectivity index (χ1n) is 14.3. The molecule has 1 amide bonds. The standard InChI is InChI=1S/C31H44N4O7/c1-9-35(14-30(2,3)4)13-16-12-19(36)21-17(23(16)33(5)6)10-15-11-18-24(34(7)8)26(38)22(29(32)41)28(40)31(18,42)27(39)20(15)25(21)37/h12,15,18,24,36-37,40,42H,9-11,13-14H2,1-8H3,(H2,32,41)/t15-,18-,24-,31-/m0/s1. The van der Waals surface area contributed by atoms with Crippen molar-refractivity contribution in [2.45, 2.75) is 58.7 Å². The van der Waals surface area contributed by atoms with E-state index in [9.17, 15) is 34.8 Å². The van der Waals surface area contributed by atoms with Gasteiger partial charge in [0.1, 0.15) is 22.8 Å². The van der Waals surface area contributed by atoms with Gasteiger partial charge in [-0.3, -0.25) is 24.2 Å². The number of aromatic hydroxyl groups is 1. The fraction of sp³-hybridized carbons (Fsp3) is 0.581. The molecule has 42 heavy (non-hydrogen) atoms. The summed E-state index contributed by atoms with van der Waals surface area (Å²) in [5.74, 6) is -6.56. The highest BCUT2D eigenvalue weighted by molar-refractivity contribution is 6.24. The number of rotatable bonds is 7. The Balaban J connectivity index is 1.92. The van der Waals surface area contributed by atoms with Crippen molar-refractivity contribution in [1.82, 2.24) is 9.80 Å². The van der Waals surface area contributed by atoms with Crippen LogP contribution in [0.5, 0.6) is 5.75 Å². The molecule has 0 aromatic heterocycles. The van der Waals surface area contributed by atoms with Crippen LogP contribution in [-0.2, 0) is 27.3 Å². The molecular weight excluding hydrogens is 540 g/mol. The number of benzene rings is 1. The van der Waals surface area contributed by atoms with Crippen LogP contribution in [0.25, 0.3) is 5.76 Å². The van der Waals surface area contributed by atoms with Crippen LogP contribution in [0, 0.1) is 17.3 Å². The van der Waals surface area contributed by atoms with Gasteiger partial charge >= 0.3 is 0 Å². The van der Waals surface area contributed by atoms with Crippen molar-refractivity contribution in [3.63, 3.8) is 0 Å². The van der Waals surface area contributed by atoms with Gasteiger partial charge in [0.2, 0.25) is 5.78 Å². The largest absolute Gasteiger partial charge is 0.508 e. The van der Waals surface area contributed by atoms with Gasteiger partial charge in [-0.25, -0.2) is 0 Å². The predicted molar refractivity (Wildman–Crippen MR) is 159 cm³/mol. The molecule has 1 aromatic rings. The van der Waals surface area contributed by atoms with Crippen LogP contribution in [0.2, 0.25) is 0 Å². The Labute approximate surface area is 246 Å². The molecule has 3 aliphatic rings. The van der Waals surface area contributed by atoms with E-state index in [2.05, 4.69) is 32.6 Å². The minimum Gasteiger partial charge on any atom is -0.508 e. The first-order valence-corrected chi connectivity index (χ1v) is 14.3. The average molecular weight is 585 g/mol. The van der Waals surface area contributed by atoms with E-state index >= 15 is 0 Å². The van der Waals surface area contributed by atoms with Crippen molar-refractivity contribution in [1.29, 1.82) is 0 Å². The Kier molecular flexibility index (Phi) is 8.03. The Morgan fingerprint density at radius 2 is 1.74 bits per heavy atom. The number of Topliss-reactive ketones (excluding diaryl/α,β-unsaturated/α-hetero) is 2. The molecule has 3 aliphatic carbocycles. The van der Waals surface area contributed by atoms with E-state index in [-0.39, 0.29) is 35.1 Å². The van der Waals surface area contributed by atoms with Gasteiger partial charge in [0, 0.05) is 44.4 Å². The third kappa shape index (κ3) is 4.87. The molecule has 0 saturated heterocycles. The molecule has 11 heteroatoms. The maximum Gasteiger partial charge on any atom is 0.255 e. The van der Waals surface area contributed by atoms with E-state index in [1.54, 1.807) is 20.2 Å². The average Bonchev–Trinajstić information content (AvgIpc) is 2.84. The maximum absolute atomic E-state index is 14.1. The van der Waals surface area contributed by atoms with Gasteiger partial charge in [-0.15, -0.1) is 0 Å². The van der Waals surface area contributed by atoms with Gasteiger partial charge in [-0.05, 0) is 62.0 Å². The number of anilines is 1. The van der Waals surface area contributed by atoms with Crippen LogP contribution in [0.4, 0.5) is 5.69 Å². The first kappa shape index (κ1) is 31.5. The third-order valence-corrected chi connectivity index (χ3v) is 8.76. The summed E-state index contributed by atoms with van der Waals surface area (Å²) in [5.41, 5.74) is 4.25. The van der Waals surface area contributed by atoms with Crippen LogP contribution in [0.1, 0.15) is 50.8 Å². The summed E-state index contributed by atoms with van der Waals surface area (Å²) in [6, 6.07) is 0.483. The number of amides is 1. The number of ketones is 2. The Hall–Kier alpha value is -3.41. The first-order chi connectivity index (χ1) is 19.4. The second kappa shape index (κ2) is 10.7. The number of aliphatic hydroxyl groups is 3. The molecule has 0 bridgehead atoms. The van der Waals surface area contributed by atoms with E-state index in [0.29, 0.717) is 12.1 Å². The van der Waals surface area contributed by atoms with Crippen molar-refractivity contribution in [2.75, 3.05) is 46.2 Å². The van der Waals surface area contributed by atoms with Gasteiger partial charge in [0.15, 0.2) is 11.4 Å². The van der Waals surface area contributed by atoms with Crippen molar-refractivity contribution >= 4 is 28.9 Å². The molecule has 0 aliphatic heterocycles. The summed E-state index contributed by atoms with van der Waals surface area (Å²) in [6.45, 7) is 10.7. The highest BCUT2D eigenvalue weighted by Gasteiger charge is 2.64. The molecule has 1 fully saturated rings. The van der Waals surface area contributed by atoms with Gasteiger partial charge in [0.25, 0.3) is 5.91 Å². The topological polar surface area (TPSA) is 168 Å². The fourth-order valence-corrected chi connectivity index (χ4v) is 7.24. The fourth-order valence-electron chi connectivity index (χ4n) is 7.24. The number of carbonyl (C=O) groups excluding carboxylic acids is 3. The number of hydrogen-bond acceptors (Lipinski definition) is 10. The number of fused-ring (bicyclic) bond motifs is 3. The smallest absolute Gasteiger partial charge is 0.255 e. The number of carbonyl (C=O) groups is 3. The number of hydrogen-bond donors (Lipinski definition) is 5. The SMILES string of the molecule is CCN(Cc1cc(O)c2c(c1N(C)C)C[C@H]1C[C@H]3[C@H](N(C)C)C(=O)C(C(N)=O)=C(O)[C@@]3(O)C(=O)C1=C2O)CC(C)(C)C. The van der Waals surface area contributed by atoms with Crippen molar-refractivity contribution < 1.29 is 34.8 Å². The van der Waals surface area contributed by atoms with Crippen molar-refractivity contribution in [2.24, 2.45) is 23.0 Å². The van der Waals surface area contributed by atoms with Crippen LogP contribution in [-0.4, -0.2) is 101 Å². The highest BCUT2D eigenvalue weighted by atomic mass is 16.3. The van der Waals surface area contributed by atoms with E-state index in [4.69, 9.17) is 5.73 Å². The third-order valence-electron chi connectivity index (χ3n) is 8.76. The number of nitrogens with two attached hydrogens (primary N) is 1. The molecule has 11 nitrogen and oxygen atoms in total. The minimum absolute atomic E-state index is 0.0501. The molecule has 1 saturated carbocycles. The van der Waals surface area contributed by atoms with Crippen molar-refractivity contribution in [3.05, 3.63) is 39.7 Å². The normalized spacial score (nSPS) is 26.0. The van der Waals surface area contributed by atoms with Gasteiger partial charge in [-0.1, -0.05) is 27.7 Å². The van der Waals surface area contributed by atoms with Gasteiger partial charge in [-0.2, -0.15) is 0 Å². The molecule has 4 rings (SSSR count).